The number of benzene rings is 1. The van der Waals surface area contributed by atoms with Gasteiger partial charge >= 0.3 is 0 Å². The summed E-state index contributed by atoms with van der Waals surface area (Å²) in [5, 5.41) is 3.77. The highest BCUT2D eigenvalue weighted by Crippen LogP contribution is 2.19. The Hall–Kier alpha value is -4.12. The fourth-order valence-corrected chi connectivity index (χ4v) is 4.45. The predicted octanol–water partition coefficient (Wildman–Crippen LogP) is 2.97. The van der Waals surface area contributed by atoms with Crippen molar-refractivity contribution in [2.75, 3.05) is 31.1 Å². The summed E-state index contributed by atoms with van der Waals surface area (Å²) in [4.78, 5) is 45.7. The van der Waals surface area contributed by atoms with Crippen LogP contribution in [0.3, 0.4) is 0 Å². The van der Waals surface area contributed by atoms with E-state index in [0.29, 0.717) is 48.1 Å². The zero-order valence-electron chi connectivity index (χ0n) is 19.5. The lowest BCUT2D eigenvalue weighted by atomic mass is 10.0. The molecule has 1 atom stereocenters. The molecule has 12 heteroatoms. The van der Waals surface area contributed by atoms with Crippen LogP contribution in [0.4, 0.5) is 14.6 Å². The van der Waals surface area contributed by atoms with E-state index >= 15 is 0 Å². The van der Waals surface area contributed by atoms with Gasteiger partial charge in [0.05, 0.1) is 11.2 Å². The Balaban J connectivity index is 1.35. The zero-order chi connectivity index (χ0) is 25.9. The van der Waals surface area contributed by atoms with E-state index < -0.39 is 23.6 Å². The van der Waals surface area contributed by atoms with E-state index in [1.165, 1.54) is 12.3 Å². The number of carbonyl (C=O) groups excluding carboxylic acids is 2. The number of piperazine rings is 1. The number of hydrogen-bond donors (Lipinski definition) is 2. The third-order valence-corrected chi connectivity index (χ3v) is 6.40. The second-order valence-electron chi connectivity index (χ2n) is 8.62. The fraction of sp³-hybridized carbons (Fsp3) is 0.240. The number of pyridine rings is 1. The number of aromatic nitrogens is 4. The molecule has 0 aliphatic carbocycles. The van der Waals surface area contributed by atoms with E-state index in [-0.39, 0.29) is 23.6 Å². The van der Waals surface area contributed by atoms with Crippen molar-refractivity contribution in [1.29, 1.82) is 0 Å². The monoisotopic (exact) mass is 525 g/mol. The van der Waals surface area contributed by atoms with Gasteiger partial charge in [-0.25, -0.2) is 18.7 Å². The summed E-state index contributed by atoms with van der Waals surface area (Å²) < 4.78 is 27.9. The first kappa shape index (κ1) is 24.6. The summed E-state index contributed by atoms with van der Waals surface area (Å²) in [5.41, 5.74) is 0.750. The summed E-state index contributed by atoms with van der Waals surface area (Å²) in [7, 11) is 0. The van der Waals surface area contributed by atoms with Gasteiger partial charge in [0.25, 0.3) is 5.91 Å². The molecular weight excluding hydrogens is 504 g/mol. The highest BCUT2D eigenvalue weighted by Gasteiger charge is 2.30. The maximum absolute atomic E-state index is 14.5. The topological polar surface area (TPSA) is 107 Å². The predicted molar refractivity (Wildman–Crippen MR) is 133 cm³/mol. The molecule has 190 valence electrons. The number of aromatic amines is 1. The van der Waals surface area contributed by atoms with Crippen molar-refractivity contribution in [3.63, 3.8) is 0 Å². The first-order chi connectivity index (χ1) is 17.9. The lowest BCUT2D eigenvalue weighted by molar-refractivity contribution is -0.133. The highest BCUT2D eigenvalue weighted by atomic mass is 35.5. The molecule has 2 amide bonds. The third-order valence-electron chi connectivity index (χ3n) is 6.19. The van der Waals surface area contributed by atoms with E-state index in [4.69, 9.17) is 11.6 Å². The maximum atomic E-state index is 14.5. The van der Waals surface area contributed by atoms with Crippen LogP contribution in [-0.4, -0.2) is 68.9 Å². The molecule has 0 spiro atoms. The lowest BCUT2D eigenvalue weighted by Crippen LogP contribution is -2.55. The smallest absolute Gasteiger partial charge is 0.268 e. The van der Waals surface area contributed by atoms with E-state index in [1.54, 1.807) is 35.6 Å². The minimum absolute atomic E-state index is 0.114. The van der Waals surface area contributed by atoms with Crippen LogP contribution >= 0.6 is 11.6 Å². The highest BCUT2D eigenvalue weighted by molar-refractivity contribution is 6.31. The zero-order valence-corrected chi connectivity index (χ0v) is 20.3. The van der Waals surface area contributed by atoms with Gasteiger partial charge in [0.1, 0.15) is 34.8 Å². The lowest BCUT2D eigenvalue weighted by Gasteiger charge is -2.37. The standard InChI is InChI=1S/C25H22ClF2N7O2/c26-17-9-16-11-20(32-23(16)31-13-17)24(36)33-21(10-15-1-2-18(27)12-19(15)28)25(37)35-7-5-34(6-8-35)22-14-29-3-4-30-22/h1-4,9,11-14,21H,5-8,10H2,(H,31,32)(H,33,36)/t21-/m0/s1. The number of rotatable bonds is 6. The Morgan fingerprint density at radius 3 is 2.59 bits per heavy atom. The summed E-state index contributed by atoms with van der Waals surface area (Å²) in [6, 6.07) is 5.30. The molecular formula is C25H22ClF2N7O2. The van der Waals surface area contributed by atoms with Crippen molar-refractivity contribution in [2.45, 2.75) is 12.5 Å². The molecule has 5 rings (SSSR count). The number of H-pyrrole nitrogens is 1. The van der Waals surface area contributed by atoms with E-state index in [2.05, 4.69) is 25.3 Å². The number of carbonyl (C=O) groups is 2. The molecule has 3 aromatic heterocycles. The molecule has 0 unspecified atom stereocenters. The van der Waals surface area contributed by atoms with Gasteiger partial charge < -0.3 is 20.1 Å². The second kappa shape index (κ2) is 10.5. The summed E-state index contributed by atoms with van der Waals surface area (Å²) in [5.74, 6) is -1.73. The second-order valence-corrected chi connectivity index (χ2v) is 9.05. The third kappa shape index (κ3) is 5.51. The van der Waals surface area contributed by atoms with Crippen molar-refractivity contribution in [1.82, 2.24) is 30.2 Å². The van der Waals surface area contributed by atoms with Crippen molar-refractivity contribution in [3.8, 4) is 0 Å². The van der Waals surface area contributed by atoms with Crippen LogP contribution in [0.25, 0.3) is 11.0 Å². The Bertz CT molecular complexity index is 1440. The molecule has 1 aromatic carbocycles. The molecule has 1 aliphatic heterocycles. The Kier molecular flexibility index (Phi) is 6.95. The van der Waals surface area contributed by atoms with Crippen LogP contribution in [-0.2, 0) is 11.2 Å². The molecule has 0 saturated carbocycles. The molecule has 1 aliphatic rings. The molecule has 0 bridgehead atoms. The van der Waals surface area contributed by atoms with Gasteiger partial charge in [0.15, 0.2) is 0 Å². The molecule has 4 heterocycles. The number of hydrogen-bond acceptors (Lipinski definition) is 6. The summed E-state index contributed by atoms with van der Waals surface area (Å²) in [6.07, 6.45) is 6.14. The number of anilines is 1. The van der Waals surface area contributed by atoms with Crippen LogP contribution in [0.1, 0.15) is 16.1 Å². The van der Waals surface area contributed by atoms with Crippen LogP contribution in [0.15, 0.2) is 55.1 Å². The van der Waals surface area contributed by atoms with Crippen molar-refractivity contribution in [2.24, 2.45) is 0 Å². The van der Waals surface area contributed by atoms with Crippen LogP contribution < -0.4 is 10.2 Å². The number of nitrogens with one attached hydrogen (secondary N) is 2. The average Bonchev–Trinajstić information content (AvgIpc) is 3.33. The minimum Gasteiger partial charge on any atom is -0.352 e. The van der Waals surface area contributed by atoms with Gasteiger partial charge in [-0.05, 0) is 23.8 Å². The number of fused-ring (bicyclic) bond motifs is 1. The molecule has 1 saturated heterocycles. The minimum atomic E-state index is -1.08. The van der Waals surface area contributed by atoms with Gasteiger partial charge in [-0.15, -0.1) is 0 Å². The maximum Gasteiger partial charge on any atom is 0.268 e. The van der Waals surface area contributed by atoms with Gasteiger partial charge in [-0.1, -0.05) is 17.7 Å². The van der Waals surface area contributed by atoms with Gasteiger partial charge in [-0.2, -0.15) is 0 Å². The fourth-order valence-electron chi connectivity index (χ4n) is 4.28. The van der Waals surface area contributed by atoms with Crippen molar-refractivity contribution >= 4 is 40.3 Å². The Labute approximate surface area is 215 Å². The molecule has 1 fully saturated rings. The summed E-state index contributed by atoms with van der Waals surface area (Å²) in [6.45, 7) is 1.79. The molecule has 37 heavy (non-hydrogen) atoms. The average molecular weight is 526 g/mol. The Morgan fingerprint density at radius 2 is 1.86 bits per heavy atom. The quantitative estimate of drug-likeness (QED) is 0.401. The SMILES string of the molecule is O=C(N[C@@H](Cc1ccc(F)cc1F)C(=O)N1CCN(c2cnccn2)CC1)c1cc2cc(Cl)cnc2[nH]1. The Morgan fingerprint density at radius 1 is 1.05 bits per heavy atom. The van der Waals surface area contributed by atoms with Crippen molar-refractivity contribution < 1.29 is 18.4 Å². The largest absolute Gasteiger partial charge is 0.352 e. The molecule has 2 N–H and O–H groups in total. The van der Waals surface area contributed by atoms with E-state index in [1.807, 2.05) is 4.90 Å². The number of nitrogens with zero attached hydrogens (tertiary/aromatic N) is 5. The van der Waals surface area contributed by atoms with Crippen LogP contribution in [0.2, 0.25) is 5.02 Å². The number of amides is 2. The van der Waals surface area contributed by atoms with E-state index in [0.717, 1.165) is 12.1 Å². The van der Waals surface area contributed by atoms with Crippen LogP contribution in [0.5, 0.6) is 0 Å². The van der Waals surface area contributed by atoms with E-state index in [9.17, 15) is 18.4 Å². The summed E-state index contributed by atoms with van der Waals surface area (Å²) >= 11 is 5.98. The molecule has 9 nitrogen and oxygen atoms in total. The van der Waals surface area contributed by atoms with Crippen LogP contribution in [0, 0.1) is 11.6 Å². The number of halogens is 3. The van der Waals surface area contributed by atoms with Gasteiger partial charge in [0, 0.05) is 62.6 Å². The van der Waals surface area contributed by atoms with Gasteiger partial charge in [-0.3, -0.25) is 14.6 Å². The van der Waals surface area contributed by atoms with Gasteiger partial charge in [0.2, 0.25) is 5.91 Å². The molecule has 4 aromatic rings. The first-order valence-corrected chi connectivity index (χ1v) is 11.9. The van der Waals surface area contributed by atoms with Crippen molar-refractivity contribution in [3.05, 3.63) is 83.0 Å². The normalized spacial score (nSPS) is 14.6. The molecule has 0 radical (unpaired) electrons. The first-order valence-electron chi connectivity index (χ1n) is 11.6.